The predicted octanol–water partition coefficient (Wildman–Crippen LogP) is 6.71. The van der Waals surface area contributed by atoms with Crippen molar-refractivity contribution in [1.29, 1.82) is 0 Å². The molecule has 0 amide bonds. The highest BCUT2D eigenvalue weighted by molar-refractivity contribution is 5.14. The molecular weight excluding hydrogens is 316 g/mol. The first-order chi connectivity index (χ1) is 12.9. The summed E-state index contributed by atoms with van der Waals surface area (Å²) in [5.41, 5.74) is 4.20. The van der Waals surface area contributed by atoms with Gasteiger partial charge in [0.25, 0.3) is 0 Å². The largest absolute Gasteiger partial charge is 0.271 e. The number of hydrogen-bond acceptors (Lipinski definition) is 2. The molecule has 2 nitrogen and oxygen atoms in total. The number of rotatable bonds is 18. The Labute approximate surface area is 162 Å². The number of nitrogens with two attached hydrogens (primary N) is 1. The molecule has 3 N–H and O–H groups in total. The van der Waals surface area contributed by atoms with Gasteiger partial charge in [-0.1, -0.05) is 93.9 Å². The molecular formula is C24H42N2. The van der Waals surface area contributed by atoms with Crippen LogP contribution in [-0.2, 0) is 6.42 Å². The number of nitrogens with one attached hydrogen (secondary N) is 1. The maximum atomic E-state index is 5.26. The Kier molecular flexibility index (Phi) is 16.5. The lowest BCUT2D eigenvalue weighted by Gasteiger charge is -2.02. The molecule has 0 aliphatic heterocycles. The third-order valence-corrected chi connectivity index (χ3v) is 5.04. The monoisotopic (exact) mass is 358 g/mol. The van der Waals surface area contributed by atoms with Crippen molar-refractivity contribution in [2.24, 2.45) is 5.84 Å². The Hall–Kier alpha value is -1.12. The molecule has 0 aromatic heterocycles. The first-order valence-electron chi connectivity index (χ1n) is 11.1. The summed E-state index contributed by atoms with van der Waals surface area (Å²) in [4.78, 5) is 0. The number of benzene rings is 1. The average Bonchev–Trinajstić information content (AvgIpc) is 2.68. The zero-order chi connectivity index (χ0) is 18.5. The highest BCUT2D eigenvalue weighted by atomic mass is 15.2. The first kappa shape index (κ1) is 22.9. The van der Waals surface area contributed by atoms with E-state index in [1.54, 1.807) is 0 Å². The van der Waals surface area contributed by atoms with Crippen LogP contribution in [0.4, 0.5) is 0 Å². The van der Waals surface area contributed by atoms with Crippen molar-refractivity contribution < 1.29 is 0 Å². The summed E-state index contributed by atoms with van der Waals surface area (Å²) in [6.07, 6.45) is 24.9. The molecule has 0 heterocycles. The van der Waals surface area contributed by atoms with Crippen molar-refractivity contribution in [2.45, 2.75) is 96.3 Å². The standard InChI is InChI=1S/C24H42N2/c25-26-23-19-14-12-10-8-6-4-2-1-3-5-7-9-11-13-16-20-24-21-17-15-18-22-24/h1-2,15,17-18,21-22,26H,3-14,16,19-20,23,25H2/b2-1-. The van der Waals surface area contributed by atoms with Gasteiger partial charge in [0.15, 0.2) is 0 Å². The molecule has 0 fully saturated rings. The first-order valence-corrected chi connectivity index (χ1v) is 11.1. The van der Waals surface area contributed by atoms with Crippen LogP contribution in [-0.4, -0.2) is 6.54 Å². The van der Waals surface area contributed by atoms with E-state index in [-0.39, 0.29) is 0 Å². The molecule has 1 aromatic rings. The lowest BCUT2D eigenvalue weighted by atomic mass is 10.0. The summed E-state index contributed by atoms with van der Waals surface area (Å²) in [5.74, 6) is 5.26. The molecule has 0 aliphatic rings. The second-order valence-corrected chi connectivity index (χ2v) is 7.48. The topological polar surface area (TPSA) is 38.0 Å². The highest BCUT2D eigenvalue weighted by Crippen LogP contribution is 2.11. The van der Waals surface area contributed by atoms with Gasteiger partial charge in [0, 0.05) is 6.54 Å². The Morgan fingerprint density at radius 1 is 0.615 bits per heavy atom. The van der Waals surface area contributed by atoms with E-state index in [4.69, 9.17) is 5.84 Å². The van der Waals surface area contributed by atoms with Gasteiger partial charge < -0.3 is 0 Å². The smallest absolute Gasteiger partial charge is 0.00974 e. The molecule has 0 aliphatic carbocycles. The van der Waals surface area contributed by atoms with Crippen molar-refractivity contribution in [1.82, 2.24) is 5.43 Å². The number of hydrazine groups is 1. The van der Waals surface area contributed by atoms with Crippen LogP contribution in [0.25, 0.3) is 0 Å². The van der Waals surface area contributed by atoms with Gasteiger partial charge in [-0.15, -0.1) is 0 Å². The zero-order valence-electron chi connectivity index (χ0n) is 16.9. The van der Waals surface area contributed by atoms with Gasteiger partial charge in [-0.2, -0.15) is 0 Å². The van der Waals surface area contributed by atoms with Crippen LogP contribution in [0.2, 0.25) is 0 Å². The van der Waals surface area contributed by atoms with Crippen LogP contribution in [0.15, 0.2) is 42.5 Å². The SMILES string of the molecule is NNCCCCCCCC/C=C\CCCCCCCCc1ccccc1. The van der Waals surface area contributed by atoms with Crippen LogP contribution in [0.5, 0.6) is 0 Å². The summed E-state index contributed by atoms with van der Waals surface area (Å²) in [6.45, 7) is 0.955. The molecule has 0 saturated carbocycles. The van der Waals surface area contributed by atoms with Gasteiger partial charge in [0.1, 0.15) is 0 Å². The van der Waals surface area contributed by atoms with Gasteiger partial charge in [-0.3, -0.25) is 11.3 Å². The van der Waals surface area contributed by atoms with Crippen LogP contribution in [0.3, 0.4) is 0 Å². The van der Waals surface area contributed by atoms with Gasteiger partial charge in [-0.05, 0) is 50.5 Å². The van der Waals surface area contributed by atoms with E-state index in [1.165, 1.54) is 102 Å². The molecule has 1 rings (SSSR count). The van der Waals surface area contributed by atoms with E-state index in [0.717, 1.165) is 6.54 Å². The fourth-order valence-corrected chi connectivity index (χ4v) is 3.38. The van der Waals surface area contributed by atoms with Gasteiger partial charge in [-0.25, -0.2) is 0 Å². The molecule has 0 unspecified atom stereocenters. The summed E-state index contributed by atoms with van der Waals surface area (Å²) >= 11 is 0. The van der Waals surface area contributed by atoms with Crippen LogP contribution in [0, 0.1) is 0 Å². The molecule has 0 saturated heterocycles. The highest BCUT2D eigenvalue weighted by Gasteiger charge is 1.94. The number of hydrogen-bond donors (Lipinski definition) is 2. The molecule has 148 valence electrons. The molecule has 2 heteroatoms. The number of unbranched alkanes of at least 4 members (excludes halogenated alkanes) is 12. The van der Waals surface area contributed by atoms with E-state index in [9.17, 15) is 0 Å². The summed E-state index contributed by atoms with van der Waals surface area (Å²) in [7, 11) is 0. The maximum absolute atomic E-state index is 5.26. The second-order valence-electron chi connectivity index (χ2n) is 7.48. The summed E-state index contributed by atoms with van der Waals surface area (Å²) < 4.78 is 0. The van der Waals surface area contributed by atoms with Gasteiger partial charge in [0.2, 0.25) is 0 Å². The maximum Gasteiger partial charge on any atom is 0.00974 e. The van der Waals surface area contributed by atoms with Crippen molar-refractivity contribution in [3.05, 3.63) is 48.0 Å². The van der Waals surface area contributed by atoms with Crippen molar-refractivity contribution in [2.75, 3.05) is 6.54 Å². The van der Waals surface area contributed by atoms with E-state index in [2.05, 4.69) is 47.9 Å². The second kappa shape index (κ2) is 18.7. The predicted molar refractivity (Wildman–Crippen MR) is 116 cm³/mol. The van der Waals surface area contributed by atoms with E-state index >= 15 is 0 Å². The molecule has 0 atom stereocenters. The Morgan fingerprint density at radius 2 is 1.12 bits per heavy atom. The Balaban J connectivity index is 1.74. The van der Waals surface area contributed by atoms with Crippen LogP contribution >= 0.6 is 0 Å². The lowest BCUT2D eigenvalue weighted by molar-refractivity contribution is 0.574. The third kappa shape index (κ3) is 15.2. The average molecular weight is 359 g/mol. The lowest BCUT2D eigenvalue weighted by Crippen LogP contribution is -2.22. The zero-order valence-corrected chi connectivity index (χ0v) is 16.9. The molecule has 0 bridgehead atoms. The van der Waals surface area contributed by atoms with E-state index in [0.29, 0.717) is 0 Å². The van der Waals surface area contributed by atoms with Crippen molar-refractivity contribution in [3.63, 3.8) is 0 Å². The Bertz CT molecular complexity index is 413. The van der Waals surface area contributed by atoms with E-state index < -0.39 is 0 Å². The minimum absolute atomic E-state index is 0.955. The number of aryl methyl sites for hydroxylation is 1. The third-order valence-electron chi connectivity index (χ3n) is 5.04. The quantitative estimate of drug-likeness (QED) is 0.132. The summed E-state index contributed by atoms with van der Waals surface area (Å²) in [6, 6.07) is 10.9. The molecule has 0 radical (unpaired) electrons. The van der Waals surface area contributed by atoms with Crippen LogP contribution < -0.4 is 11.3 Å². The van der Waals surface area contributed by atoms with Gasteiger partial charge in [0.05, 0.1) is 0 Å². The fourth-order valence-electron chi connectivity index (χ4n) is 3.38. The Morgan fingerprint density at radius 3 is 1.69 bits per heavy atom. The van der Waals surface area contributed by atoms with Crippen molar-refractivity contribution >= 4 is 0 Å². The molecule has 1 aromatic carbocycles. The van der Waals surface area contributed by atoms with Crippen molar-refractivity contribution in [3.8, 4) is 0 Å². The molecule has 0 spiro atoms. The number of allylic oxidation sites excluding steroid dienone is 2. The normalized spacial score (nSPS) is 11.4. The molecule has 26 heavy (non-hydrogen) atoms. The summed E-state index contributed by atoms with van der Waals surface area (Å²) in [5, 5.41) is 0. The fraction of sp³-hybridized carbons (Fsp3) is 0.667. The minimum Gasteiger partial charge on any atom is -0.271 e. The van der Waals surface area contributed by atoms with Crippen LogP contribution in [0.1, 0.15) is 95.5 Å². The minimum atomic E-state index is 0.955. The van der Waals surface area contributed by atoms with Gasteiger partial charge >= 0.3 is 0 Å². The van der Waals surface area contributed by atoms with E-state index in [1.807, 2.05) is 0 Å².